The lowest BCUT2D eigenvalue weighted by Crippen LogP contribution is -2.42. The van der Waals surface area contributed by atoms with Crippen molar-refractivity contribution in [3.8, 4) is 0 Å². The van der Waals surface area contributed by atoms with Gasteiger partial charge in [-0.25, -0.2) is 4.98 Å². The topological polar surface area (TPSA) is 84.3 Å². The van der Waals surface area contributed by atoms with Crippen molar-refractivity contribution in [1.29, 1.82) is 0 Å². The minimum atomic E-state index is -0.302. The van der Waals surface area contributed by atoms with E-state index >= 15 is 0 Å². The van der Waals surface area contributed by atoms with Gasteiger partial charge in [-0.05, 0) is 37.3 Å². The first-order valence-electron chi connectivity index (χ1n) is 9.76. The van der Waals surface area contributed by atoms with Crippen molar-refractivity contribution in [1.82, 2.24) is 19.8 Å². The molecule has 144 valence electrons. The summed E-state index contributed by atoms with van der Waals surface area (Å²) in [6.45, 7) is 2.74. The van der Waals surface area contributed by atoms with E-state index < -0.39 is 0 Å². The van der Waals surface area contributed by atoms with Crippen LogP contribution in [0.1, 0.15) is 12.2 Å². The molecule has 1 aliphatic heterocycles. The Balaban J connectivity index is 1.20. The predicted octanol–water partition coefficient (Wildman–Crippen LogP) is 1.27. The minimum Gasteiger partial charge on any atom is -0.353 e. The van der Waals surface area contributed by atoms with Crippen LogP contribution in [0.15, 0.2) is 36.4 Å². The van der Waals surface area contributed by atoms with Gasteiger partial charge in [-0.15, -0.1) is 0 Å². The second-order valence-electron chi connectivity index (χ2n) is 7.91. The number of para-hydroxylation sites is 2. The largest absolute Gasteiger partial charge is 0.353 e. The molecule has 4 unspecified atom stereocenters. The summed E-state index contributed by atoms with van der Waals surface area (Å²) in [7, 11) is 0. The Labute approximate surface area is 162 Å². The number of likely N-dealkylation sites (tertiary alicyclic amines) is 1. The maximum atomic E-state index is 12.7. The monoisotopic (exact) mass is 378 g/mol. The summed E-state index contributed by atoms with van der Waals surface area (Å²) in [5, 5.41) is 2.84. The van der Waals surface area contributed by atoms with Gasteiger partial charge in [0, 0.05) is 13.1 Å². The molecule has 3 amide bonds. The van der Waals surface area contributed by atoms with E-state index in [1.54, 1.807) is 0 Å². The van der Waals surface area contributed by atoms with E-state index in [4.69, 9.17) is 0 Å². The maximum absolute atomic E-state index is 12.7. The molecular formula is C21H22N4O3. The molecule has 2 aliphatic carbocycles. The third-order valence-electron chi connectivity index (χ3n) is 6.37. The van der Waals surface area contributed by atoms with Gasteiger partial charge in [0.25, 0.3) is 0 Å². The number of aromatic nitrogens is 2. The maximum Gasteiger partial charge on any atom is 0.240 e. The van der Waals surface area contributed by atoms with Gasteiger partial charge in [-0.2, -0.15) is 0 Å². The van der Waals surface area contributed by atoms with E-state index in [1.807, 2.05) is 31.2 Å². The first-order valence-corrected chi connectivity index (χ1v) is 9.76. The van der Waals surface area contributed by atoms with Crippen LogP contribution < -0.4 is 5.32 Å². The van der Waals surface area contributed by atoms with Crippen molar-refractivity contribution in [2.75, 3.05) is 13.1 Å². The highest BCUT2D eigenvalue weighted by molar-refractivity contribution is 6.08. The zero-order valence-electron chi connectivity index (χ0n) is 15.7. The Morgan fingerprint density at radius 2 is 1.82 bits per heavy atom. The Kier molecular flexibility index (Phi) is 3.86. The van der Waals surface area contributed by atoms with Crippen LogP contribution in [0.3, 0.4) is 0 Å². The molecule has 1 saturated heterocycles. The number of aryl methyl sites for hydroxylation is 1. The second-order valence-corrected chi connectivity index (χ2v) is 7.91. The standard InChI is InChI=1S/C21H22N4O3/c1-12-23-15-4-2-3-5-16(15)24(12)9-8-22-17(26)11-25-20(27)18-13-6-7-14(10-13)19(18)21(25)28/h2-7,13-14,18-19H,8-11H2,1H3,(H,22,26). The first kappa shape index (κ1) is 17.2. The molecule has 7 heteroatoms. The Morgan fingerprint density at radius 3 is 2.54 bits per heavy atom. The Morgan fingerprint density at radius 1 is 1.14 bits per heavy atom. The molecule has 1 saturated carbocycles. The van der Waals surface area contributed by atoms with Crippen LogP contribution in [0.25, 0.3) is 11.0 Å². The van der Waals surface area contributed by atoms with Crippen LogP contribution in [-0.2, 0) is 20.9 Å². The summed E-state index contributed by atoms with van der Waals surface area (Å²) in [4.78, 5) is 43.3. The molecule has 5 rings (SSSR count). The van der Waals surface area contributed by atoms with Gasteiger partial charge in [-0.1, -0.05) is 24.3 Å². The fraction of sp³-hybridized carbons (Fsp3) is 0.429. The predicted molar refractivity (Wildman–Crippen MR) is 102 cm³/mol. The van der Waals surface area contributed by atoms with Gasteiger partial charge in [0.2, 0.25) is 17.7 Å². The molecule has 0 radical (unpaired) electrons. The number of rotatable bonds is 5. The number of imide groups is 1. The van der Waals surface area contributed by atoms with Gasteiger partial charge in [-0.3, -0.25) is 19.3 Å². The fourth-order valence-electron chi connectivity index (χ4n) is 5.10. The van der Waals surface area contributed by atoms with Crippen molar-refractivity contribution >= 4 is 28.8 Å². The highest BCUT2D eigenvalue weighted by Crippen LogP contribution is 2.52. The quantitative estimate of drug-likeness (QED) is 0.627. The molecule has 7 nitrogen and oxygen atoms in total. The summed E-state index contributed by atoms with van der Waals surface area (Å²) < 4.78 is 2.05. The molecule has 1 aromatic heterocycles. The molecule has 2 fully saturated rings. The van der Waals surface area contributed by atoms with Gasteiger partial charge in [0.15, 0.2) is 0 Å². The third kappa shape index (κ3) is 2.49. The number of allylic oxidation sites excluding steroid dienone is 2. The molecule has 3 aliphatic rings. The molecule has 0 spiro atoms. The summed E-state index contributed by atoms with van der Waals surface area (Å²) in [6, 6.07) is 7.87. The number of imidazole rings is 1. The summed E-state index contributed by atoms with van der Waals surface area (Å²) in [6.07, 6.45) is 5.00. The van der Waals surface area contributed by atoms with E-state index in [2.05, 4.69) is 27.0 Å². The zero-order valence-corrected chi connectivity index (χ0v) is 15.7. The average Bonchev–Trinajstić information content (AvgIpc) is 3.42. The molecule has 1 N–H and O–H groups in total. The van der Waals surface area contributed by atoms with E-state index in [9.17, 15) is 14.4 Å². The number of benzene rings is 1. The van der Waals surface area contributed by atoms with Gasteiger partial charge >= 0.3 is 0 Å². The van der Waals surface area contributed by atoms with E-state index in [-0.39, 0.29) is 47.9 Å². The number of hydrogen-bond acceptors (Lipinski definition) is 4. The van der Waals surface area contributed by atoms with Crippen LogP contribution in [0.5, 0.6) is 0 Å². The van der Waals surface area contributed by atoms with Crippen LogP contribution in [-0.4, -0.2) is 45.3 Å². The van der Waals surface area contributed by atoms with Crippen molar-refractivity contribution in [2.24, 2.45) is 23.7 Å². The van der Waals surface area contributed by atoms with Crippen LogP contribution in [0.4, 0.5) is 0 Å². The number of carbonyl (C=O) groups is 3. The number of amides is 3. The Hall–Kier alpha value is -2.96. The van der Waals surface area contributed by atoms with Crippen molar-refractivity contribution in [3.05, 3.63) is 42.2 Å². The van der Waals surface area contributed by atoms with Crippen LogP contribution >= 0.6 is 0 Å². The molecule has 2 aromatic rings. The second kappa shape index (κ2) is 6.29. The summed E-state index contributed by atoms with van der Waals surface area (Å²) >= 11 is 0. The highest BCUT2D eigenvalue weighted by Gasteiger charge is 2.59. The van der Waals surface area contributed by atoms with E-state index in [1.165, 1.54) is 0 Å². The molecule has 28 heavy (non-hydrogen) atoms. The molecule has 1 aromatic carbocycles. The summed E-state index contributed by atoms with van der Waals surface area (Å²) in [5.41, 5.74) is 1.95. The number of nitrogens with zero attached hydrogens (tertiary/aromatic N) is 3. The number of fused-ring (bicyclic) bond motifs is 6. The third-order valence-corrected chi connectivity index (χ3v) is 6.37. The number of carbonyl (C=O) groups excluding carboxylic acids is 3. The van der Waals surface area contributed by atoms with E-state index in [0.717, 1.165) is 28.2 Å². The van der Waals surface area contributed by atoms with Crippen molar-refractivity contribution in [3.63, 3.8) is 0 Å². The van der Waals surface area contributed by atoms with Crippen molar-refractivity contribution in [2.45, 2.75) is 19.9 Å². The normalized spacial score (nSPS) is 27.8. The highest BCUT2D eigenvalue weighted by atomic mass is 16.2. The van der Waals surface area contributed by atoms with Gasteiger partial charge in [0.05, 0.1) is 22.9 Å². The molecule has 4 atom stereocenters. The van der Waals surface area contributed by atoms with Crippen LogP contribution in [0.2, 0.25) is 0 Å². The lowest BCUT2D eigenvalue weighted by Gasteiger charge is -2.17. The molecule has 2 heterocycles. The average molecular weight is 378 g/mol. The zero-order chi connectivity index (χ0) is 19.4. The smallest absolute Gasteiger partial charge is 0.240 e. The molecular weight excluding hydrogens is 356 g/mol. The minimum absolute atomic E-state index is 0.164. The van der Waals surface area contributed by atoms with Crippen molar-refractivity contribution < 1.29 is 14.4 Å². The summed E-state index contributed by atoms with van der Waals surface area (Å²) in [5.74, 6) is 0.0386. The lowest BCUT2D eigenvalue weighted by molar-refractivity contribution is -0.144. The van der Waals surface area contributed by atoms with Gasteiger partial charge < -0.3 is 9.88 Å². The van der Waals surface area contributed by atoms with Crippen LogP contribution in [0, 0.1) is 30.6 Å². The van der Waals surface area contributed by atoms with Gasteiger partial charge in [0.1, 0.15) is 12.4 Å². The first-order chi connectivity index (χ1) is 13.5. The lowest BCUT2D eigenvalue weighted by atomic mass is 9.85. The SMILES string of the molecule is Cc1nc2ccccc2n1CCNC(=O)CN1C(=O)C2C3C=CC(C3)C2C1=O. The fourth-order valence-corrected chi connectivity index (χ4v) is 5.10. The molecule has 2 bridgehead atoms. The Bertz CT molecular complexity index is 994. The van der Waals surface area contributed by atoms with E-state index in [0.29, 0.717) is 13.1 Å². The number of nitrogens with one attached hydrogen (secondary N) is 1. The number of hydrogen-bond donors (Lipinski definition) is 1.